The molecule has 0 aromatic heterocycles. The third-order valence-corrected chi connectivity index (χ3v) is 7.33. The molecule has 0 spiro atoms. The van der Waals surface area contributed by atoms with Gasteiger partial charge in [0, 0.05) is 32.2 Å². The van der Waals surface area contributed by atoms with Crippen LogP contribution in [0.3, 0.4) is 0 Å². The molecule has 182 valence electrons. The highest BCUT2D eigenvalue weighted by Crippen LogP contribution is 2.39. The number of hydrogen-bond donors (Lipinski definition) is 0. The van der Waals surface area contributed by atoms with Crippen LogP contribution in [0.15, 0.2) is 36.4 Å². The molecule has 33 heavy (non-hydrogen) atoms. The first-order valence-electron chi connectivity index (χ1n) is 11.1. The van der Waals surface area contributed by atoms with Crippen LogP contribution in [-0.4, -0.2) is 40.5 Å². The summed E-state index contributed by atoms with van der Waals surface area (Å²) in [7, 11) is 0.427. The maximum Gasteiger partial charge on any atom is 0.310 e. The number of methoxy groups -OCH3 is 1. The zero-order valence-electron chi connectivity index (χ0n) is 20.6. The van der Waals surface area contributed by atoms with E-state index < -0.39 is 15.5 Å². The number of benzene rings is 2. The highest BCUT2D eigenvalue weighted by atomic mass is 35.5. The van der Waals surface area contributed by atoms with E-state index in [9.17, 15) is 9.00 Å². The highest BCUT2D eigenvalue weighted by Gasteiger charge is 2.28. The first kappa shape index (κ1) is 27.2. The molecule has 0 N–H and O–H groups in total. The molecule has 0 saturated carbocycles. The van der Waals surface area contributed by atoms with Crippen LogP contribution < -0.4 is 9.47 Å². The molecule has 2 aromatic carbocycles. The Balaban J connectivity index is 2.71. The Morgan fingerprint density at radius 1 is 1.09 bits per heavy atom. The fourth-order valence-electron chi connectivity index (χ4n) is 3.43. The van der Waals surface area contributed by atoms with Crippen molar-refractivity contribution < 1.29 is 23.2 Å². The smallest absolute Gasteiger partial charge is 0.310 e. The summed E-state index contributed by atoms with van der Waals surface area (Å²) in [4.78, 5) is 12.4. The Bertz CT molecular complexity index is 964. The van der Waals surface area contributed by atoms with Crippen molar-refractivity contribution in [1.29, 1.82) is 0 Å². The van der Waals surface area contributed by atoms with Gasteiger partial charge in [0.15, 0.2) is 11.5 Å². The van der Waals surface area contributed by atoms with E-state index in [-0.39, 0.29) is 24.4 Å². The summed E-state index contributed by atoms with van der Waals surface area (Å²) in [5, 5.41) is 0.625. The van der Waals surface area contributed by atoms with Gasteiger partial charge in [-0.25, -0.2) is 0 Å². The number of halogens is 1. The van der Waals surface area contributed by atoms with Crippen molar-refractivity contribution in [2.45, 2.75) is 64.7 Å². The number of hydrogen-bond acceptors (Lipinski definition) is 5. The molecule has 0 fully saturated rings. The van der Waals surface area contributed by atoms with Crippen LogP contribution in [0.5, 0.6) is 11.5 Å². The predicted octanol–water partition coefficient (Wildman–Crippen LogP) is 5.92. The summed E-state index contributed by atoms with van der Waals surface area (Å²) in [6.45, 7) is 11.8. The van der Waals surface area contributed by atoms with Crippen LogP contribution in [0.1, 0.15) is 64.2 Å². The van der Waals surface area contributed by atoms with Gasteiger partial charge in [0.2, 0.25) is 0 Å². The number of carbonyl (C=O) groups excluding carboxylic acids is 1. The van der Waals surface area contributed by atoms with Crippen LogP contribution in [-0.2, 0) is 26.8 Å². The van der Waals surface area contributed by atoms with Crippen molar-refractivity contribution >= 4 is 28.4 Å². The number of esters is 1. The second kappa shape index (κ2) is 11.9. The molecule has 0 aliphatic carbocycles. The molecule has 0 aliphatic rings. The molecule has 2 rings (SSSR count). The van der Waals surface area contributed by atoms with Crippen molar-refractivity contribution in [2.75, 3.05) is 19.5 Å². The van der Waals surface area contributed by atoms with E-state index in [0.29, 0.717) is 28.9 Å². The quantitative estimate of drug-likeness (QED) is 0.383. The molecule has 0 saturated heterocycles. The van der Waals surface area contributed by atoms with Crippen LogP contribution >= 0.6 is 11.6 Å². The zero-order valence-corrected chi connectivity index (χ0v) is 22.1. The SMILES string of the molecule is CCOC(=O)Cc1cc(OC)c(OC(C)C)cc1[C@@H](CS(=O)C(C)(C)C)c1ccc(Cl)cc1. The van der Waals surface area contributed by atoms with E-state index in [0.717, 1.165) is 16.7 Å². The van der Waals surface area contributed by atoms with E-state index in [4.69, 9.17) is 25.8 Å². The summed E-state index contributed by atoms with van der Waals surface area (Å²) in [6, 6.07) is 11.3. The molecule has 2 aromatic rings. The average Bonchev–Trinajstić information content (AvgIpc) is 2.72. The largest absolute Gasteiger partial charge is 0.493 e. The average molecular weight is 495 g/mol. The fourth-order valence-corrected chi connectivity index (χ4v) is 4.73. The summed E-state index contributed by atoms with van der Waals surface area (Å²) in [5.41, 5.74) is 2.58. The van der Waals surface area contributed by atoms with Crippen LogP contribution in [0.2, 0.25) is 5.02 Å². The van der Waals surface area contributed by atoms with Gasteiger partial charge < -0.3 is 14.2 Å². The molecule has 1 unspecified atom stereocenters. The predicted molar refractivity (Wildman–Crippen MR) is 135 cm³/mol. The number of rotatable bonds is 10. The molecule has 5 nitrogen and oxygen atoms in total. The molecule has 2 atom stereocenters. The van der Waals surface area contributed by atoms with E-state index in [2.05, 4.69) is 0 Å². The van der Waals surface area contributed by atoms with Gasteiger partial charge in [-0.05, 0) is 82.5 Å². The van der Waals surface area contributed by atoms with Crippen LogP contribution in [0.4, 0.5) is 0 Å². The molecule has 0 bridgehead atoms. The van der Waals surface area contributed by atoms with E-state index in [1.165, 1.54) is 0 Å². The van der Waals surface area contributed by atoms with Gasteiger partial charge in [-0.2, -0.15) is 0 Å². The zero-order chi connectivity index (χ0) is 24.8. The number of ether oxygens (including phenoxy) is 3. The summed E-state index contributed by atoms with van der Waals surface area (Å²) >= 11 is 6.14. The Labute approximate surface area is 205 Å². The third kappa shape index (κ3) is 7.75. The maximum atomic E-state index is 13.2. The van der Waals surface area contributed by atoms with Crippen LogP contribution in [0.25, 0.3) is 0 Å². The molecular weight excluding hydrogens is 460 g/mol. The monoisotopic (exact) mass is 494 g/mol. The normalized spacial score (nSPS) is 13.5. The first-order chi connectivity index (χ1) is 15.5. The van der Waals surface area contributed by atoms with E-state index in [1.54, 1.807) is 14.0 Å². The summed E-state index contributed by atoms with van der Waals surface area (Å²) in [5.74, 6) is 0.931. The van der Waals surface area contributed by atoms with Crippen molar-refractivity contribution in [3.63, 3.8) is 0 Å². The van der Waals surface area contributed by atoms with Gasteiger partial charge in [0.1, 0.15) is 0 Å². The fraction of sp³-hybridized carbons (Fsp3) is 0.500. The molecule has 7 heteroatoms. The minimum atomic E-state index is -1.14. The van der Waals surface area contributed by atoms with Crippen molar-refractivity contribution in [3.8, 4) is 11.5 Å². The number of carbonyl (C=O) groups is 1. The van der Waals surface area contributed by atoms with Gasteiger partial charge >= 0.3 is 5.97 Å². The van der Waals surface area contributed by atoms with E-state index in [1.807, 2.05) is 71.0 Å². The van der Waals surface area contributed by atoms with Gasteiger partial charge in [-0.1, -0.05) is 23.7 Å². The topological polar surface area (TPSA) is 61.8 Å². The van der Waals surface area contributed by atoms with Crippen molar-refractivity contribution in [2.24, 2.45) is 0 Å². The molecule has 0 amide bonds. The van der Waals surface area contributed by atoms with Gasteiger partial charge in [-0.3, -0.25) is 9.00 Å². The van der Waals surface area contributed by atoms with Crippen molar-refractivity contribution in [3.05, 3.63) is 58.1 Å². The summed E-state index contributed by atoms with van der Waals surface area (Å²) < 4.78 is 29.7. The second-order valence-electron chi connectivity index (χ2n) is 9.08. The summed E-state index contributed by atoms with van der Waals surface area (Å²) in [6.07, 6.45) is 0.00799. The molecule has 0 radical (unpaired) electrons. The van der Waals surface area contributed by atoms with Crippen LogP contribution in [0, 0.1) is 0 Å². The Hall–Kier alpha value is -2.05. The van der Waals surface area contributed by atoms with Gasteiger partial charge in [-0.15, -0.1) is 0 Å². The second-order valence-corrected chi connectivity index (χ2v) is 11.8. The Morgan fingerprint density at radius 2 is 1.73 bits per heavy atom. The lowest BCUT2D eigenvalue weighted by Gasteiger charge is -2.27. The van der Waals surface area contributed by atoms with Gasteiger partial charge in [0.05, 0.1) is 26.2 Å². The lowest BCUT2D eigenvalue weighted by Crippen LogP contribution is -2.28. The molecule has 0 aliphatic heterocycles. The van der Waals surface area contributed by atoms with E-state index >= 15 is 0 Å². The lowest BCUT2D eigenvalue weighted by molar-refractivity contribution is -0.142. The molecular formula is C26H35ClO5S. The van der Waals surface area contributed by atoms with Gasteiger partial charge in [0.25, 0.3) is 0 Å². The Kier molecular flexibility index (Phi) is 9.80. The first-order valence-corrected chi connectivity index (χ1v) is 12.8. The molecule has 0 heterocycles. The maximum absolute atomic E-state index is 13.2. The van der Waals surface area contributed by atoms with Crippen molar-refractivity contribution in [1.82, 2.24) is 0 Å². The minimum absolute atomic E-state index is 0.0691. The lowest BCUT2D eigenvalue weighted by atomic mass is 9.88. The third-order valence-electron chi connectivity index (χ3n) is 5.08. The highest BCUT2D eigenvalue weighted by molar-refractivity contribution is 7.86. The standard InChI is InChI=1S/C26H35ClO5S/c1-8-31-25(28)14-19-13-23(30-7)24(32-17(2)3)15-21(19)22(16-33(29)26(4,5)6)18-9-11-20(27)12-10-18/h9-13,15,17,22H,8,14,16H2,1-7H3/t22-,33?/m0/s1. The Morgan fingerprint density at radius 3 is 2.24 bits per heavy atom. The minimum Gasteiger partial charge on any atom is -0.493 e.